The molecule has 18 heavy (non-hydrogen) atoms. The van der Waals surface area contributed by atoms with E-state index in [2.05, 4.69) is 16.7 Å². The number of carbonyl (C=O) groups is 2. The van der Waals surface area contributed by atoms with Crippen molar-refractivity contribution in [2.45, 2.75) is 31.7 Å². The fourth-order valence-electron chi connectivity index (χ4n) is 2.29. The summed E-state index contributed by atoms with van der Waals surface area (Å²) in [6.45, 7) is 1.34. The fraction of sp³-hybridized carbons (Fsp3) is 0.750. The second-order valence-corrected chi connectivity index (χ2v) is 4.82. The molecule has 6 heteroatoms. The van der Waals surface area contributed by atoms with Crippen LogP contribution in [0.4, 0.5) is 0 Å². The summed E-state index contributed by atoms with van der Waals surface area (Å²) >= 11 is 0. The van der Waals surface area contributed by atoms with Crippen molar-refractivity contribution in [1.29, 1.82) is 5.26 Å². The van der Waals surface area contributed by atoms with Crippen molar-refractivity contribution in [3.8, 4) is 6.07 Å². The van der Waals surface area contributed by atoms with Crippen LogP contribution in [0.25, 0.3) is 0 Å². The van der Waals surface area contributed by atoms with Gasteiger partial charge >= 0.3 is 0 Å². The molecule has 1 unspecified atom stereocenters. The molecule has 2 amide bonds. The fourth-order valence-corrected chi connectivity index (χ4v) is 2.29. The Morgan fingerprint density at radius 3 is 2.78 bits per heavy atom. The third-order valence-electron chi connectivity index (χ3n) is 3.60. The average Bonchev–Trinajstić information content (AvgIpc) is 2.42. The van der Waals surface area contributed by atoms with Gasteiger partial charge in [-0.15, -0.1) is 0 Å². The van der Waals surface area contributed by atoms with Crippen molar-refractivity contribution in [1.82, 2.24) is 10.6 Å². The SMILES string of the molecule is N#CC1(C(=O)NC2CCC(=O)NC2)CCOCC1. The van der Waals surface area contributed by atoms with Crippen molar-refractivity contribution in [3.63, 3.8) is 0 Å². The van der Waals surface area contributed by atoms with Gasteiger partial charge in [0.1, 0.15) is 5.41 Å². The molecule has 0 aromatic heterocycles. The summed E-state index contributed by atoms with van der Waals surface area (Å²) in [5.74, 6) is -0.212. The largest absolute Gasteiger partial charge is 0.381 e. The van der Waals surface area contributed by atoms with Gasteiger partial charge < -0.3 is 15.4 Å². The van der Waals surface area contributed by atoms with Crippen LogP contribution in [0.3, 0.4) is 0 Å². The van der Waals surface area contributed by atoms with Crippen LogP contribution in [0.2, 0.25) is 0 Å². The molecule has 1 atom stereocenters. The molecule has 2 aliphatic rings. The third-order valence-corrected chi connectivity index (χ3v) is 3.60. The summed E-state index contributed by atoms with van der Waals surface area (Å²) in [5.41, 5.74) is -0.959. The lowest BCUT2D eigenvalue weighted by molar-refractivity contribution is -0.134. The molecule has 6 nitrogen and oxygen atoms in total. The number of nitrogens with zero attached hydrogens (tertiary/aromatic N) is 1. The number of piperidine rings is 1. The molecule has 2 aliphatic heterocycles. The van der Waals surface area contributed by atoms with Crippen molar-refractivity contribution < 1.29 is 14.3 Å². The van der Waals surface area contributed by atoms with Gasteiger partial charge in [0.25, 0.3) is 0 Å². The van der Waals surface area contributed by atoms with E-state index >= 15 is 0 Å². The van der Waals surface area contributed by atoms with Crippen LogP contribution in [0.5, 0.6) is 0 Å². The lowest BCUT2D eigenvalue weighted by Gasteiger charge is -2.32. The Bertz CT molecular complexity index is 373. The highest BCUT2D eigenvalue weighted by Crippen LogP contribution is 2.30. The quantitative estimate of drug-likeness (QED) is 0.705. The second-order valence-electron chi connectivity index (χ2n) is 4.82. The number of carbonyl (C=O) groups excluding carboxylic acids is 2. The van der Waals surface area contributed by atoms with Crippen LogP contribution < -0.4 is 10.6 Å². The number of ether oxygens (including phenoxy) is 1. The van der Waals surface area contributed by atoms with Gasteiger partial charge in [0.2, 0.25) is 11.8 Å². The van der Waals surface area contributed by atoms with E-state index in [9.17, 15) is 14.9 Å². The minimum absolute atomic E-state index is 0.0153. The van der Waals surface area contributed by atoms with E-state index in [4.69, 9.17) is 4.74 Å². The average molecular weight is 251 g/mol. The van der Waals surface area contributed by atoms with Crippen LogP contribution in [0.15, 0.2) is 0 Å². The van der Waals surface area contributed by atoms with Crippen molar-refractivity contribution in [3.05, 3.63) is 0 Å². The Morgan fingerprint density at radius 1 is 1.50 bits per heavy atom. The number of amides is 2. The molecule has 2 saturated heterocycles. The number of hydrogen-bond donors (Lipinski definition) is 2. The maximum Gasteiger partial charge on any atom is 0.240 e. The van der Waals surface area contributed by atoms with E-state index in [-0.39, 0.29) is 17.9 Å². The maximum absolute atomic E-state index is 12.2. The topological polar surface area (TPSA) is 91.2 Å². The molecule has 2 fully saturated rings. The second kappa shape index (κ2) is 5.36. The van der Waals surface area contributed by atoms with Gasteiger partial charge in [-0.25, -0.2) is 0 Å². The highest BCUT2D eigenvalue weighted by molar-refractivity contribution is 5.86. The number of nitrogens with one attached hydrogen (secondary N) is 2. The minimum Gasteiger partial charge on any atom is -0.381 e. The summed E-state index contributed by atoms with van der Waals surface area (Å²) in [6, 6.07) is 2.07. The molecule has 0 radical (unpaired) electrons. The van der Waals surface area contributed by atoms with E-state index in [0.29, 0.717) is 45.4 Å². The summed E-state index contributed by atoms with van der Waals surface area (Å²) in [5, 5.41) is 14.8. The maximum atomic E-state index is 12.2. The Kier molecular flexibility index (Phi) is 3.82. The van der Waals surface area contributed by atoms with Gasteiger partial charge in [-0.2, -0.15) is 5.26 Å². The van der Waals surface area contributed by atoms with Crippen molar-refractivity contribution >= 4 is 11.8 Å². The number of rotatable bonds is 2. The molecule has 0 bridgehead atoms. The predicted molar refractivity (Wildman–Crippen MR) is 62.3 cm³/mol. The van der Waals surface area contributed by atoms with Crippen LogP contribution in [0, 0.1) is 16.7 Å². The molecule has 2 N–H and O–H groups in total. The molecule has 0 aromatic carbocycles. The monoisotopic (exact) mass is 251 g/mol. The Balaban J connectivity index is 1.94. The van der Waals surface area contributed by atoms with Crippen LogP contribution >= 0.6 is 0 Å². The molecule has 0 aromatic rings. The van der Waals surface area contributed by atoms with Crippen molar-refractivity contribution in [2.75, 3.05) is 19.8 Å². The molecule has 0 aliphatic carbocycles. The zero-order valence-electron chi connectivity index (χ0n) is 10.2. The Hall–Kier alpha value is -1.61. The molecular weight excluding hydrogens is 234 g/mol. The van der Waals surface area contributed by atoms with Crippen molar-refractivity contribution in [2.24, 2.45) is 5.41 Å². The van der Waals surface area contributed by atoms with Crippen LogP contribution in [-0.2, 0) is 14.3 Å². The standard InChI is InChI=1S/C12H17N3O3/c13-8-12(3-5-18-6-4-12)11(17)15-9-1-2-10(16)14-7-9/h9H,1-7H2,(H,14,16)(H,15,17). The molecular formula is C12H17N3O3. The normalized spacial score (nSPS) is 26.8. The molecule has 0 saturated carbocycles. The van der Waals surface area contributed by atoms with Gasteiger partial charge in [0.05, 0.1) is 6.07 Å². The van der Waals surface area contributed by atoms with Gasteiger partial charge in [-0.1, -0.05) is 0 Å². The van der Waals surface area contributed by atoms with Gasteiger partial charge in [0.15, 0.2) is 0 Å². The first-order chi connectivity index (χ1) is 8.66. The third kappa shape index (κ3) is 2.62. The molecule has 2 heterocycles. The lowest BCUT2D eigenvalue weighted by Crippen LogP contribution is -2.52. The summed E-state index contributed by atoms with van der Waals surface area (Å²) < 4.78 is 5.19. The first-order valence-corrected chi connectivity index (χ1v) is 6.23. The van der Waals surface area contributed by atoms with Gasteiger partial charge in [-0.3, -0.25) is 9.59 Å². The number of nitriles is 1. The lowest BCUT2D eigenvalue weighted by atomic mass is 9.80. The zero-order valence-corrected chi connectivity index (χ0v) is 10.2. The van der Waals surface area contributed by atoms with Gasteiger partial charge in [-0.05, 0) is 19.3 Å². The van der Waals surface area contributed by atoms with E-state index in [1.54, 1.807) is 0 Å². The highest BCUT2D eigenvalue weighted by atomic mass is 16.5. The first kappa shape index (κ1) is 12.8. The first-order valence-electron chi connectivity index (χ1n) is 6.23. The Labute approximate surface area is 106 Å². The summed E-state index contributed by atoms with van der Waals surface area (Å²) in [7, 11) is 0. The van der Waals surface area contributed by atoms with Gasteiger partial charge in [0, 0.05) is 32.2 Å². The van der Waals surface area contributed by atoms with Crippen LogP contribution in [0.1, 0.15) is 25.7 Å². The van der Waals surface area contributed by atoms with E-state index in [0.717, 1.165) is 0 Å². The predicted octanol–water partition coefficient (Wildman–Crippen LogP) is -0.298. The number of hydrogen-bond acceptors (Lipinski definition) is 4. The minimum atomic E-state index is -0.959. The summed E-state index contributed by atoms with van der Waals surface area (Å²) in [6.07, 6.45) is 1.94. The van der Waals surface area contributed by atoms with E-state index < -0.39 is 5.41 Å². The molecule has 0 spiro atoms. The van der Waals surface area contributed by atoms with Crippen LogP contribution in [-0.4, -0.2) is 37.6 Å². The summed E-state index contributed by atoms with van der Waals surface area (Å²) in [4.78, 5) is 23.2. The molecule has 98 valence electrons. The smallest absolute Gasteiger partial charge is 0.240 e. The Morgan fingerprint density at radius 2 is 2.22 bits per heavy atom. The highest BCUT2D eigenvalue weighted by Gasteiger charge is 2.41. The van der Waals surface area contributed by atoms with E-state index in [1.807, 2.05) is 0 Å². The molecule has 2 rings (SSSR count). The zero-order chi connectivity index (χ0) is 13.0. The van der Waals surface area contributed by atoms with E-state index in [1.165, 1.54) is 0 Å².